The lowest BCUT2D eigenvalue weighted by Gasteiger charge is -2.24. The number of amides is 1. The highest BCUT2D eigenvalue weighted by atomic mass is 16.2. The average Bonchev–Trinajstić information content (AvgIpc) is 2.49. The molecule has 2 aromatic carbocycles. The van der Waals surface area contributed by atoms with Gasteiger partial charge >= 0.3 is 0 Å². The minimum Gasteiger partial charge on any atom is -0.370 e. The lowest BCUT2D eigenvalue weighted by atomic mass is 10.0. The van der Waals surface area contributed by atoms with E-state index in [0.29, 0.717) is 0 Å². The maximum Gasteiger partial charge on any atom is 0.249 e. The van der Waals surface area contributed by atoms with Gasteiger partial charge in [0.15, 0.2) is 0 Å². The molecule has 1 N–H and O–H groups in total. The molecule has 2 rings (SSSR count). The van der Waals surface area contributed by atoms with Crippen LogP contribution in [0.2, 0.25) is 0 Å². The molecule has 110 valence electrons. The predicted molar refractivity (Wildman–Crippen MR) is 87.4 cm³/mol. The van der Waals surface area contributed by atoms with E-state index in [9.17, 15) is 4.79 Å². The van der Waals surface area contributed by atoms with Crippen LogP contribution < -0.4 is 5.32 Å². The van der Waals surface area contributed by atoms with Crippen molar-refractivity contribution >= 4 is 11.6 Å². The molecular formula is C18H22N2O. The van der Waals surface area contributed by atoms with Gasteiger partial charge in [0.2, 0.25) is 5.91 Å². The Labute approximate surface area is 126 Å². The van der Waals surface area contributed by atoms with Crippen LogP contribution >= 0.6 is 0 Å². The molecule has 0 saturated heterocycles. The fraction of sp³-hybridized carbons (Fsp3) is 0.278. The van der Waals surface area contributed by atoms with Gasteiger partial charge in [-0.05, 0) is 36.6 Å². The summed E-state index contributed by atoms with van der Waals surface area (Å²) in [5.74, 6) is 0.0436. The first-order valence-corrected chi connectivity index (χ1v) is 7.09. The van der Waals surface area contributed by atoms with Crippen molar-refractivity contribution < 1.29 is 4.79 Å². The number of rotatable bonds is 4. The van der Waals surface area contributed by atoms with Gasteiger partial charge in [-0.15, -0.1) is 0 Å². The Hall–Kier alpha value is -2.29. The minimum atomic E-state index is -0.373. The molecule has 0 fully saturated rings. The summed E-state index contributed by atoms with van der Waals surface area (Å²) in [7, 11) is 3.56. The number of nitrogens with zero attached hydrogens (tertiary/aromatic N) is 1. The third kappa shape index (κ3) is 3.43. The van der Waals surface area contributed by atoms with Gasteiger partial charge in [0.05, 0.1) is 0 Å². The van der Waals surface area contributed by atoms with Crippen LogP contribution in [0.15, 0.2) is 48.5 Å². The molecule has 21 heavy (non-hydrogen) atoms. The second-order valence-corrected chi connectivity index (χ2v) is 5.47. The van der Waals surface area contributed by atoms with E-state index in [4.69, 9.17) is 0 Å². The van der Waals surface area contributed by atoms with Gasteiger partial charge in [-0.1, -0.05) is 42.5 Å². The number of anilines is 1. The van der Waals surface area contributed by atoms with Gasteiger partial charge in [0, 0.05) is 19.8 Å². The van der Waals surface area contributed by atoms with E-state index in [2.05, 4.69) is 25.2 Å². The Morgan fingerprint density at radius 3 is 2.29 bits per heavy atom. The number of carbonyl (C=O) groups excluding carboxylic acids is 1. The molecule has 0 radical (unpaired) electrons. The molecule has 0 bridgehead atoms. The molecule has 0 saturated carbocycles. The molecule has 0 aliphatic carbocycles. The Morgan fingerprint density at radius 1 is 1.00 bits per heavy atom. The van der Waals surface area contributed by atoms with Gasteiger partial charge in [-0.25, -0.2) is 0 Å². The molecule has 3 heteroatoms. The van der Waals surface area contributed by atoms with Gasteiger partial charge in [0.1, 0.15) is 6.04 Å². The van der Waals surface area contributed by atoms with Gasteiger partial charge in [0.25, 0.3) is 0 Å². The van der Waals surface area contributed by atoms with Crippen LogP contribution in [0.5, 0.6) is 0 Å². The van der Waals surface area contributed by atoms with Crippen molar-refractivity contribution in [3.05, 3.63) is 65.2 Å². The zero-order valence-electron chi connectivity index (χ0n) is 13.1. The van der Waals surface area contributed by atoms with Crippen molar-refractivity contribution in [2.24, 2.45) is 0 Å². The van der Waals surface area contributed by atoms with Crippen molar-refractivity contribution in [3.8, 4) is 0 Å². The Balaban J connectivity index is 2.37. The minimum absolute atomic E-state index is 0.0436. The SMILES string of the molecule is Cc1cccc(NC(C(=O)N(C)C)c2ccccc2)c1C. The fourth-order valence-electron chi connectivity index (χ4n) is 2.25. The number of hydrogen-bond acceptors (Lipinski definition) is 2. The maximum atomic E-state index is 12.5. The van der Waals surface area contributed by atoms with Crippen LogP contribution in [0.4, 0.5) is 5.69 Å². The van der Waals surface area contributed by atoms with E-state index in [1.165, 1.54) is 11.1 Å². The number of hydrogen-bond donors (Lipinski definition) is 1. The van der Waals surface area contributed by atoms with Crippen LogP contribution in [0.1, 0.15) is 22.7 Å². The average molecular weight is 282 g/mol. The molecule has 1 amide bonds. The normalized spacial score (nSPS) is 11.8. The van der Waals surface area contributed by atoms with E-state index in [-0.39, 0.29) is 11.9 Å². The zero-order valence-corrected chi connectivity index (χ0v) is 13.1. The van der Waals surface area contributed by atoms with Crippen LogP contribution in [0, 0.1) is 13.8 Å². The van der Waals surface area contributed by atoms with Crippen molar-refractivity contribution in [1.29, 1.82) is 0 Å². The topological polar surface area (TPSA) is 32.3 Å². The summed E-state index contributed by atoms with van der Waals surface area (Å²) in [4.78, 5) is 14.1. The number of benzene rings is 2. The zero-order chi connectivity index (χ0) is 15.4. The number of carbonyl (C=O) groups is 1. The summed E-state index contributed by atoms with van der Waals surface area (Å²) in [6, 6.07) is 15.5. The second kappa shape index (κ2) is 6.44. The Bertz CT molecular complexity index is 620. The van der Waals surface area contributed by atoms with Crippen LogP contribution in [0.3, 0.4) is 0 Å². The van der Waals surface area contributed by atoms with Crippen molar-refractivity contribution in [2.75, 3.05) is 19.4 Å². The van der Waals surface area contributed by atoms with Crippen molar-refractivity contribution in [2.45, 2.75) is 19.9 Å². The number of likely N-dealkylation sites (N-methyl/N-ethyl adjacent to an activating group) is 1. The van der Waals surface area contributed by atoms with E-state index >= 15 is 0 Å². The largest absolute Gasteiger partial charge is 0.370 e. The molecule has 1 atom stereocenters. The van der Waals surface area contributed by atoms with Crippen molar-refractivity contribution in [3.63, 3.8) is 0 Å². The summed E-state index contributed by atoms with van der Waals surface area (Å²) in [6.07, 6.45) is 0. The van der Waals surface area contributed by atoms with E-state index in [1.54, 1.807) is 19.0 Å². The molecule has 0 aliphatic heterocycles. The summed E-state index contributed by atoms with van der Waals surface area (Å²) in [5, 5.41) is 3.39. The van der Waals surface area contributed by atoms with Gasteiger partial charge in [-0.3, -0.25) is 4.79 Å². The molecule has 2 aromatic rings. The van der Waals surface area contributed by atoms with Crippen LogP contribution in [-0.4, -0.2) is 24.9 Å². The van der Waals surface area contributed by atoms with Crippen LogP contribution in [-0.2, 0) is 4.79 Å². The number of aryl methyl sites for hydroxylation is 1. The third-order valence-electron chi connectivity index (χ3n) is 3.73. The lowest BCUT2D eigenvalue weighted by molar-refractivity contribution is -0.129. The van der Waals surface area contributed by atoms with E-state index in [1.807, 2.05) is 42.5 Å². The highest BCUT2D eigenvalue weighted by Crippen LogP contribution is 2.25. The maximum absolute atomic E-state index is 12.5. The summed E-state index contributed by atoms with van der Waals surface area (Å²) >= 11 is 0. The quantitative estimate of drug-likeness (QED) is 0.930. The van der Waals surface area contributed by atoms with Gasteiger partial charge in [-0.2, -0.15) is 0 Å². The predicted octanol–water partition coefficient (Wildman–Crippen LogP) is 3.54. The first-order valence-electron chi connectivity index (χ1n) is 7.09. The first kappa shape index (κ1) is 15.1. The Kier molecular flexibility index (Phi) is 4.63. The lowest BCUT2D eigenvalue weighted by Crippen LogP contribution is -2.32. The monoisotopic (exact) mass is 282 g/mol. The number of nitrogens with one attached hydrogen (secondary N) is 1. The fourth-order valence-corrected chi connectivity index (χ4v) is 2.25. The van der Waals surface area contributed by atoms with Crippen molar-refractivity contribution in [1.82, 2.24) is 4.90 Å². The summed E-state index contributed by atoms with van der Waals surface area (Å²) in [5.41, 5.74) is 4.35. The van der Waals surface area contributed by atoms with E-state index < -0.39 is 0 Å². The Morgan fingerprint density at radius 2 is 1.67 bits per heavy atom. The summed E-state index contributed by atoms with van der Waals surface area (Å²) < 4.78 is 0. The molecule has 0 aromatic heterocycles. The molecule has 1 unspecified atom stereocenters. The molecular weight excluding hydrogens is 260 g/mol. The first-order chi connectivity index (χ1) is 10.0. The third-order valence-corrected chi connectivity index (χ3v) is 3.73. The molecule has 0 heterocycles. The van der Waals surface area contributed by atoms with Gasteiger partial charge < -0.3 is 10.2 Å². The molecule has 0 aliphatic rings. The second-order valence-electron chi connectivity index (χ2n) is 5.47. The summed E-state index contributed by atoms with van der Waals surface area (Å²) in [6.45, 7) is 4.14. The smallest absolute Gasteiger partial charge is 0.249 e. The van der Waals surface area contributed by atoms with E-state index in [0.717, 1.165) is 11.3 Å². The standard InChI is InChI=1S/C18H22N2O/c1-13-9-8-12-16(14(13)2)19-17(18(21)20(3)4)15-10-6-5-7-11-15/h5-12,17,19H,1-4H3. The van der Waals surface area contributed by atoms with Crippen LogP contribution in [0.25, 0.3) is 0 Å². The molecule has 0 spiro atoms. The highest BCUT2D eigenvalue weighted by molar-refractivity contribution is 5.86. The molecule has 3 nitrogen and oxygen atoms in total. The highest BCUT2D eigenvalue weighted by Gasteiger charge is 2.22.